The smallest absolute Gasteiger partial charge is 0.129 e. The van der Waals surface area contributed by atoms with Gasteiger partial charge < -0.3 is 5.73 Å². The normalized spacial score (nSPS) is 11.2. The van der Waals surface area contributed by atoms with Gasteiger partial charge in [-0.1, -0.05) is 31.5 Å². The molecule has 2 N–H and O–H groups in total. The Morgan fingerprint density at radius 3 is 2.61 bits per heavy atom. The molecule has 18 heavy (non-hydrogen) atoms. The van der Waals surface area contributed by atoms with Gasteiger partial charge in [0.1, 0.15) is 5.82 Å². The summed E-state index contributed by atoms with van der Waals surface area (Å²) in [5, 5.41) is 5.41. The number of hydrogen-bond donors (Lipinski definition) is 1. The van der Waals surface area contributed by atoms with Crippen LogP contribution < -0.4 is 5.73 Å². The predicted molar refractivity (Wildman–Crippen MR) is 79.1 cm³/mol. The van der Waals surface area contributed by atoms with E-state index in [4.69, 9.17) is 17.3 Å². The third-order valence-corrected chi connectivity index (χ3v) is 4.10. The van der Waals surface area contributed by atoms with Gasteiger partial charge in [-0.25, -0.2) is 0 Å². The summed E-state index contributed by atoms with van der Waals surface area (Å²) in [5.74, 6) is 0.648. The molecule has 0 amide bonds. The first-order valence-corrected chi connectivity index (χ1v) is 6.99. The fourth-order valence-electron chi connectivity index (χ4n) is 1.69. The lowest BCUT2D eigenvalue weighted by Crippen LogP contribution is -1.98. The van der Waals surface area contributed by atoms with E-state index >= 15 is 0 Å². The van der Waals surface area contributed by atoms with Crippen LogP contribution in [0.2, 0.25) is 5.02 Å². The molecular weight excluding hydrogens is 266 g/mol. The van der Waals surface area contributed by atoms with Crippen LogP contribution in [0.1, 0.15) is 13.8 Å². The zero-order valence-electron chi connectivity index (χ0n) is 10.6. The topological polar surface area (TPSA) is 43.8 Å². The molecule has 0 aliphatic rings. The first-order valence-electron chi connectivity index (χ1n) is 5.73. The predicted octanol–water partition coefficient (Wildman–Crippen LogP) is 3.82. The van der Waals surface area contributed by atoms with Gasteiger partial charge >= 0.3 is 0 Å². The van der Waals surface area contributed by atoms with Gasteiger partial charge in [0.25, 0.3) is 0 Å². The third kappa shape index (κ3) is 2.65. The van der Waals surface area contributed by atoms with Gasteiger partial charge in [-0.15, -0.1) is 11.8 Å². The van der Waals surface area contributed by atoms with Crippen molar-refractivity contribution in [1.82, 2.24) is 9.78 Å². The third-order valence-electron chi connectivity index (χ3n) is 2.59. The van der Waals surface area contributed by atoms with Crippen LogP contribution in [0.3, 0.4) is 0 Å². The molecule has 1 aromatic heterocycles. The molecule has 1 aromatic carbocycles. The number of nitrogen functional groups attached to an aromatic ring is 1. The molecule has 0 saturated carbocycles. The second-order valence-corrected chi connectivity index (χ2v) is 6.40. The second kappa shape index (κ2) is 5.24. The minimum atomic E-state index is 0.511. The second-order valence-electron chi connectivity index (χ2n) is 4.38. The van der Waals surface area contributed by atoms with Crippen molar-refractivity contribution >= 4 is 29.2 Å². The average Bonchev–Trinajstić information content (AvgIpc) is 2.62. The number of rotatable bonds is 3. The average molecular weight is 282 g/mol. The van der Waals surface area contributed by atoms with Gasteiger partial charge in [-0.05, 0) is 17.7 Å². The number of aromatic nitrogens is 2. The van der Waals surface area contributed by atoms with Crippen LogP contribution in [0.15, 0.2) is 29.3 Å². The summed E-state index contributed by atoms with van der Waals surface area (Å²) in [6.07, 6.45) is 1.76. The Morgan fingerprint density at radius 1 is 1.39 bits per heavy atom. The molecule has 0 fully saturated rings. The molecule has 5 heteroatoms. The van der Waals surface area contributed by atoms with Gasteiger partial charge in [-0.3, -0.25) is 4.68 Å². The van der Waals surface area contributed by atoms with Crippen LogP contribution in [-0.4, -0.2) is 15.0 Å². The number of aryl methyl sites for hydroxylation is 1. The lowest BCUT2D eigenvalue weighted by molar-refractivity contribution is 0.779. The zero-order chi connectivity index (χ0) is 13.3. The van der Waals surface area contributed by atoms with Crippen molar-refractivity contribution in [3.05, 3.63) is 29.4 Å². The molecule has 0 aliphatic carbocycles. The van der Waals surface area contributed by atoms with Crippen LogP contribution in [-0.2, 0) is 7.05 Å². The van der Waals surface area contributed by atoms with Crippen LogP contribution in [0.4, 0.5) is 5.82 Å². The highest BCUT2D eigenvalue weighted by molar-refractivity contribution is 8.00. The Morgan fingerprint density at radius 2 is 2.11 bits per heavy atom. The molecule has 1 heterocycles. The van der Waals surface area contributed by atoms with Crippen LogP contribution in [0.25, 0.3) is 11.1 Å². The molecule has 3 nitrogen and oxygen atoms in total. The molecule has 2 rings (SSSR count). The van der Waals surface area contributed by atoms with Crippen molar-refractivity contribution in [2.24, 2.45) is 7.05 Å². The van der Waals surface area contributed by atoms with Crippen LogP contribution in [0.5, 0.6) is 0 Å². The van der Waals surface area contributed by atoms with Gasteiger partial charge in [0, 0.05) is 22.8 Å². The molecule has 96 valence electrons. The van der Waals surface area contributed by atoms with Crippen molar-refractivity contribution in [3.63, 3.8) is 0 Å². The Labute approximate surface area is 116 Å². The summed E-state index contributed by atoms with van der Waals surface area (Å²) in [4.78, 5) is 1.10. The maximum Gasteiger partial charge on any atom is 0.129 e. The van der Waals surface area contributed by atoms with Crippen LogP contribution in [0, 0.1) is 0 Å². The first-order chi connectivity index (χ1) is 8.49. The van der Waals surface area contributed by atoms with Crippen molar-refractivity contribution in [2.75, 3.05) is 5.73 Å². The fraction of sp³-hybridized carbons (Fsp3) is 0.308. The van der Waals surface area contributed by atoms with Crippen molar-refractivity contribution < 1.29 is 0 Å². The number of halogens is 1. The van der Waals surface area contributed by atoms with Gasteiger partial charge in [0.15, 0.2) is 0 Å². The van der Waals surface area contributed by atoms with Crippen molar-refractivity contribution in [1.29, 1.82) is 0 Å². The van der Waals surface area contributed by atoms with E-state index in [2.05, 4.69) is 18.9 Å². The summed E-state index contributed by atoms with van der Waals surface area (Å²) in [5.41, 5.74) is 7.87. The molecule has 0 radical (unpaired) electrons. The highest BCUT2D eigenvalue weighted by atomic mass is 35.5. The molecule has 2 aromatic rings. The molecule has 0 spiro atoms. The molecular formula is C13H16ClN3S. The molecule has 0 atom stereocenters. The maximum absolute atomic E-state index is 6.29. The zero-order valence-corrected chi connectivity index (χ0v) is 12.2. The summed E-state index contributed by atoms with van der Waals surface area (Å²) >= 11 is 8.05. The Bertz CT molecular complexity index is 563. The molecule has 0 aliphatic heterocycles. The molecule has 0 unspecified atom stereocenters. The van der Waals surface area contributed by atoms with E-state index in [0.29, 0.717) is 11.1 Å². The van der Waals surface area contributed by atoms with Gasteiger partial charge in [-0.2, -0.15) is 5.10 Å². The van der Waals surface area contributed by atoms with E-state index < -0.39 is 0 Å². The van der Waals surface area contributed by atoms with E-state index in [1.807, 2.05) is 25.2 Å². The number of benzene rings is 1. The molecule has 0 saturated heterocycles. The van der Waals surface area contributed by atoms with E-state index in [1.54, 1.807) is 22.6 Å². The van der Waals surface area contributed by atoms with Gasteiger partial charge in [0.2, 0.25) is 0 Å². The lowest BCUT2D eigenvalue weighted by atomic mass is 10.1. The van der Waals surface area contributed by atoms with E-state index in [0.717, 1.165) is 21.0 Å². The fourth-order valence-corrected chi connectivity index (χ4v) is 2.83. The lowest BCUT2D eigenvalue weighted by Gasteiger charge is -2.09. The minimum absolute atomic E-state index is 0.511. The van der Waals surface area contributed by atoms with E-state index in [9.17, 15) is 0 Å². The Hall–Kier alpha value is -1.13. The SMILES string of the molecule is CC(C)Sc1ccc(-c2cnn(C)c2N)cc1Cl. The molecule has 0 bridgehead atoms. The minimum Gasteiger partial charge on any atom is -0.383 e. The van der Waals surface area contributed by atoms with Crippen LogP contribution >= 0.6 is 23.4 Å². The maximum atomic E-state index is 6.29. The monoisotopic (exact) mass is 281 g/mol. The highest BCUT2D eigenvalue weighted by Crippen LogP contribution is 2.34. The van der Waals surface area contributed by atoms with Gasteiger partial charge in [0.05, 0.1) is 11.2 Å². The Balaban J connectivity index is 2.37. The first kappa shape index (κ1) is 13.3. The Kier molecular flexibility index (Phi) is 3.88. The quantitative estimate of drug-likeness (QED) is 0.870. The van der Waals surface area contributed by atoms with E-state index in [1.165, 1.54) is 0 Å². The van der Waals surface area contributed by atoms with Crippen molar-refractivity contribution in [2.45, 2.75) is 24.0 Å². The summed E-state index contributed by atoms with van der Waals surface area (Å²) in [6.45, 7) is 4.29. The number of nitrogens with zero attached hydrogens (tertiary/aromatic N) is 2. The number of hydrogen-bond acceptors (Lipinski definition) is 3. The summed E-state index contributed by atoms with van der Waals surface area (Å²) < 4.78 is 1.65. The standard InChI is InChI=1S/C13H16ClN3S/c1-8(2)18-12-5-4-9(6-11(12)14)10-7-16-17(3)13(10)15/h4-8H,15H2,1-3H3. The van der Waals surface area contributed by atoms with E-state index in [-0.39, 0.29) is 0 Å². The highest BCUT2D eigenvalue weighted by Gasteiger charge is 2.10. The summed E-state index contributed by atoms with van der Waals surface area (Å²) in [7, 11) is 1.82. The number of thioether (sulfide) groups is 1. The largest absolute Gasteiger partial charge is 0.383 e. The number of nitrogens with two attached hydrogens (primary N) is 1. The van der Waals surface area contributed by atoms with Crippen molar-refractivity contribution in [3.8, 4) is 11.1 Å². The number of anilines is 1. The summed E-state index contributed by atoms with van der Waals surface area (Å²) in [6, 6.07) is 6.01.